The molecule has 0 aromatic heterocycles. The summed E-state index contributed by atoms with van der Waals surface area (Å²) in [5, 5.41) is 0. The predicted molar refractivity (Wildman–Crippen MR) is 57.2 cm³/mol. The third-order valence-corrected chi connectivity index (χ3v) is 2.66. The zero-order valence-corrected chi connectivity index (χ0v) is 8.47. The van der Waals surface area contributed by atoms with Crippen molar-refractivity contribution in [2.24, 2.45) is 0 Å². The summed E-state index contributed by atoms with van der Waals surface area (Å²) in [5.74, 6) is 0.800. The Kier molecular flexibility index (Phi) is 2.61. The van der Waals surface area contributed by atoms with Crippen molar-refractivity contribution in [1.82, 2.24) is 0 Å². The molecule has 0 bridgehead atoms. The molecule has 0 atom stereocenters. The van der Waals surface area contributed by atoms with E-state index in [1.807, 2.05) is 6.07 Å². The van der Waals surface area contributed by atoms with Crippen LogP contribution in [-0.2, 0) is 10.3 Å². The molecule has 70 valence electrons. The maximum absolute atomic E-state index is 5.80. The van der Waals surface area contributed by atoms with E-state index in [-0.39, 0.29) is 5.60 Å². The van der Waals surface area contributed by atoms with Crippen LogP contribution in [0.2, 0.25) is 0 Å². The molecule has 0 amide bonds. The largest absolute Gasteiger partial charge is 0.369 e. The van der Waals surface area contributed by atoms with Crippen molar-refractivity contribution in [3.63, 3.8) is 0 Å². The summed E-state index contributed by atoms with van der Waals surface area (Å²) < 4.78 is 5.80. The van der Waals surface area contributed by atoms with Gasteiger partial charge in [0.05, 0.1) is 12.2 Å². The zero-order valence-electron chi connectivity index (χ0n) is 7.57. The van der Waals surface area contributed by atoms with E-state index >= 15 is 0 Å². The molecule has 13 heavy (non-hydrogen) atoms. The summed E-state index contributed by atoms with van der Waals surface area (Å²) in [6.07, 6.45) is 2.32. The van der Waals surface area contributed by atoms with Crippen LogP contribution in [0.4, 0.5) is 0 Å². The van der Waals surface area contributed by atoms with Gasteiger partial charge in [-0.15, -0.1) is 0 Å². The van der Waals surface area contributed by atoms with Crippen LogP contribution in [-0.4, -0.2) is 12.4 Å². The lowest BCUT2D eigenvalue weighted by Crippen LogP contribution is -2.13. The summed E-state index contributed by atoms with van der Waals surface area (Å²) in [6, 6.07) is 10.5. The fourth-order valence-corrected chi connectivity index (χ4v) is 1.70. The van der Waals surface area contributed by atoms with E-state index in [1.165, 1.54) is 5.56 Å². The van der Waals surface area contributed by atoms with Crippen molar-refractivity contribution in [1.29, 1.82) is 0 Å². The second-order valence-corrected chi connectivity index (χ2v) is 3.88. The van der Waals surface area contributed by atoms with Gasteiger partial charge >= 0.3 is 0 Å². The van der Waals surface area contributed by atoms with Gasteiger partial charge in [0.1, 0.15) is 0 Å². The molecule has 2 heteroatoms. The quantitative estimate of drug-likeness (QED) is 0.725. The van der Waals surface area contributed by atoms with Gasteiger partial charge in [0.15, 0.2) is 0 Å². The second-order valence-electron chi connectivity index (χ2n) is 3.43. The molecule has 1 aromatic rings. The Bertz CT molecular complexity index is 267. The Morgan fingerprint density at radius 1 is 1.23 bits per heavy atom. The van der Waals surface area contributed by atoms with E-state index < -0.39 is 0 Å². The summed E-state index contributed by atoms with van der Waals surface area (Å²) in [4.78, 5) is 0. The van der Waals surface area contributed by atoms with Crippen molar-refractivity contribution in [3.05, 3.63) is 35.9 Å². The van der Waals surface area contributed by atoms with Crippen molar-refractivity contribution >= 4 is 12.6 Å². The molecular weight excluding hydrogens is 180 g/mol. The fraction of sp³-hybridized carbons (Fsp3) is 0.455. The molecule has 1 aromatic carbocycles. The number of rotatable bonds is 4. The summed E-state index contributed by atoms with van der Waals surface area (Å²) in [5.41, 5.74) is 1.36. The van der Waals surface area contributed by atoms with Crippen LogP contribution in [0.25, 0.3) is 0 Å². The van der Waals surface area contributed by atoms with Crippen LogP contribution >= 0.6 is 12.6 Å². The molecule has 0 saturated heterocycles. The highest BCUT2D eigenvalue weighted by Gasteiger charge is 2.45. The first kappa shape index (κ1) is 9.10. The molecular formula is C11H14OS. The van der Waals surface area contributed by atoms with Gasteiger partial charge in [0.25, 0.3) is 0 Å². The maximum Gasteiger partial charge on any atom is 0.0934 e. The molecule has 0 spiro atoms. The minimum absolute atomic E-state index is 0.0456. The minimum atomic E-state index is 0.0456. The van der Waals surface area contributed by atoms with Gasteiger partial charge in [0.2, 0.25) is 0 Å². The molecule has 0 heterocycles. The molecule has 0 radical (unpaired) electrons. The lowest BCUT2D eigenvalue weighted by molar-refractivity contribution is 0.0416. The SMILES string of the molecule is SCCOC1(c2ccccc2)CC1. The average molecular weight is 194 g/mol. The average Bonchev–Trinajstić information content (AvgIpc) is 2.97. The first-order valence-electron chi connectivity index (χ1n) is 4.68. The molecule has 0 N–H and O–H groups in total. The first-order chi connectivity index (χ1) is 6.37. The van der Waals surface area contributed by atoms with Crippen LogP contribution < -0.4 is 0 Å². The van der Waals surface area contributed by atoms with Gasteiger partial charge < -0.3 is 4.74 Å². The smallest absolute Gasteiger partial charge is 0.0934 e. The Hall–Kier alpha value is -0.470. The Morgan fingerprint density at radius 3 is 2.46 bits per heavy atom. The maximum atomic E-state index is 5.80. The van der Waals surface area contributed by atoms with Gasteiger partial charge in [-0.1, -0.05) is 30.3 Å². The van der Waals surface area contributed by atoms with Crippen molar-refractivity contribution < 1.29 is 4.74 Å². The summed E-state index contributed by atoms with van der Waals surface area (Å²) >= 11 is 4.15. The molecule has 1 aliphatic carbocycles. The van der Waals surface area contributed by atoms with E-state index in [0.717, 1.165) is 25.2 Å². The molecule has 1 fully saturated rings. The lowest BCUT2D eigenvalue weighted by atomic mass is 10.1. The van der Waals surface area contributed by atoms with Crippen LogP contribution in [0.15, 0.2) is 30.3 Å². The fourth-order valence-electron chi connectivity index (χ4n) is 1.61. The third-order valence-electron chi connectivity index (χ3n) is 2.47. The van der Waals surface area contributed by atoms with Gasteiger partial charge in [0, 0.05) is 5.75 Å². The molecule has 2 rings (SSSR count). The van der Waals surface area contributed by atoms with E-state index in [1.54, 1.807) is 0 Å². The van der Waals surface area contributed by atoms with E-state index in [9.17, 15) is 0 Å². The monoisotopic (exact) mass is 194 g/mol. The van der Waals surface area contributed by atoms with Gasteiger partial charge in [-0.2, -0.15) is 12.6 Å². The topological polar surface area (TPSA) is 9.23 Å². The van der Waals surface area contributed by atoms with Crippen LogP contribution in [0, 0.1) is 0 Å². The third kappa shape index (κ3) is 1.89. The van der Waals surface area contributed by atoms with E-state index in [4.69, 9.17) is 4.74 Å². The Balaban J connectivity index is 2.07. The van der Waals surface area contributed by atoms with Gasteiger partial charge in [-0.3, -0.25) is 0 Å². The van der Waals surface area contributed by atoms with Crippen LogP contribution in [0.3, 0.4) is 0 Å². The number of thiol groups is 1. The van der Waals surface area contributed by atoms with Crippen LogP contribution in [0.5, 0.6) is 0 Å². The van der Waals surface area contributed by atoms with Crippen molar-refractivity contribution in [2.75, 3.05) is 12.4 Å². The minimum Gasteiger partial charge on any atom is -0.369 e. The molecule has 1 aliphatic rings. The van der Waals surface area contributed by atoms with E-state index in [2.05, 4.69) is 36.9 Å². The molecule has 0 aliphatic heterocycles. The normalized spacial score (nSPS) is 18.5. The van der Waals surface area contributed by atoms with Crippen molar-refractivity contribution in [3.8, 4) is 0 Å². The summed E-state index contributed by atoms with van der Waals surface area (Å²) in [6.45, 7) is 0.748. The second kappa shape index (κ2) is 3.72. The first-order valence-corrected chi connectivity index (χ1v) is 5.31. The summed E-state index contributed by atoms with van der Waals surface area (Å²) in [7, 11) is 0. The highest BCUT2D eigenvalue weighted by atomic mass is 32.1. The Morgan fingerprint density at radius 2 is 1.92 bits per heavy atom. The Labute approximate surface area is 84.5 Å². The standard InChI is InChI=1S/C11H14OS/c13-9-8-12-11(6-7-11)10-4-2-1-3-5-10/h1-5,13H,6-9H2. The molecule has 1 nitrogen and oxygen atoms in total. The lowest BCUT2D eigenvalue weighted by Gasteiger charge is -2.15. The number of ether oxygens (including phenoxy) is 1. The predicted octanol–water partition coefficient (Wildman–Crippen LogP) is 2.62. The van der Waals surface area contributed by atoms with Gasteiger partial charge in [-0.25, -0.2) is 0 Å². The molecule has 0 unspecified atom stereocenters. The molecule has 1 saturated carbocycles. The zero-order chi connectivity index (χ0) is 9.15. The van der Waals surface area contributed by atoms with Crippen molar-refractivity contribution in [2.45, 2.75) is 18.4 Å². The number of hydrogen-bond acceptors (Lipinski definition) is 2. The highest BCUT2D eigenvalue weighted by molar-refractivity contribution is 7.80. The van der Waals surface area contributed by atoms with Gasteiger partial charge in [-0.05, 0) is 18.4 Å². The van der Waals surface area contributed by atoms with Crippen LogP contribution in [0.1, 0.15) is 18.4 Å². The number of hydrogen-bond donors (Lipinski definition) is 1. The number of benzene rings is 1. The van der Waals surface area contributed by atoms with E-state index in [0.29, 0.717) is 0 Å². The highest BCUT2D eigenvalue weighted by Crippen LogP contribution is 2.48.